The van der Waals surface area contributed by atoms with Gasteiger partial charge in [-0.3, -0.25) is 4.79 Å². The zero-order valence-corrected chi connectivity index (χ0v) is 16.2. The van der Waals surface area contributed by atoms with Crippen molar-refractivity contribution in [3.8, 4) is 11.5 Å². The molecule has 0 radical (unpaired) electrons. The van der Waals surface area contributed by atoms with E-state index in [0.29, 0.717) is 18.9 Å². The van der Waals surface area contributed by atoms with Gasteiger partial charge in [-0.1, -0.05) is 6.07 Å². The molecule has 1 aliphatic carbocycles. The molecular weight excluding hydrogens is 385 g/mol. The smallest absolute Gasteiger partial charge is 0.422 e. The van der Waals surface area contributed by atoms with Gasteiger partial charge in [-0.15, -0.1) is 12.4 Å². The number of hydrogen-bond donors (Lipinski definition) is 2. The van der Waals surface area contributed by atoms with Gasteiger partial charge in [0.1, 0.15) is 0 Å². The lowest BCUT2D eigenvalue weighted by Gasteiger charge is -2.29. The van der Waals surface area contributed by atoms with Crippen molar-refractivity contribution in [2.24, 2.45) is 11.7 Å². The average Bonchev–Trinajstić information content (AvgIpc) is 3.43. The van der Waals surface area contributed by atoms with E-state index in [1.807, 2.05) is 6.92 Å². The quantitative estimate of drug-likeness (QED) is 0.655. The Morgan fingerprint density at radius 1 is 1.30 bits per heavy atom. The number of carbonyl (C=O) groups is 1. The van der Waals surface area contributed by atoms with Gasteiger partial charge in [0, 0.05) is 13.0 Å². The standard InChI is InChI=1S/C18H25F3N2O3.ClH/c1-17(10-22,13-5-6-13)23-16(24)8-4-12-3-7-14(15(9-12)25-2)26-11-18(19,20)21;/h3,7,9,13H,4-6,8,10-11,22H2,1-2H3,(H,23,24);1H. The van der Waals surface area contributed by atoms with Crippen LogP contribution < -0.4 is 20.5 Å². The van der Waals surface area contributed by atoms with Crippen molar-refractivity contribution in [2.75, 3.05) is 20.3 Å². The first-order valence-electron chi connectivity index (χ1n) is 8.54. The van der Waals surface area contributed by atoms with E-state index in [2.05, 4.69) is 5.32 Å². The molecule has 0 bridgehead atoms. The van der Waals surface area contributed by atoms with Gasteiger partial charge in [0.05, 0.1) is 12.6 Å². The summed E-state index contributed by atoms with van der Waals surface area (Å²) in [6, 6.07) is 4.64. The molecule has 1 atom stereocenters. The van der Waals surface area contributed by atoms with E-state index < -0.39 is 12.8 Å². The lowest BCUT2D eigenvalue weighted by atomic mass is 9.95. The summed E-state index contributed by atoms with van der Waals surface area (Å²) >= 11 is 0. The summed E-state index contributed by atoms with van der Waals surface area (Å²) in [5.74, 6) is 0.558. The number of hydrogen-bond acceptors (Lipinski definition) is 4. The van der Waals surface area contributed by atoms with Crippen molar-refractivity contribution in [3.63, 3.8) is 0 Å². The third-order valence-corrected chi connectivity index (χ3v) is 4.59. The van der Waals surface area contributed by atoms with Crippen LogP contribution in [0.25, 0.3) is 0 Å². The maximum atomic E-state index is 12.3. The molecule has 1 aliphatic rings. The fourth-order valence-electron chi connectivity index (χ4n) is 2.83. The van der Waals surface area contributed by atoms with Crippen molar-refractivity contribution in [3.05, 3.63) is 23.8 Å². The van der Waals surface area contributed by atoms with Gasteiger partial charge in [0.25, 0.3) is 0 Å². The molecule has 27 heavy (non-hydrogen) atoms. The topological polar surface area (TPSA) is 73.6 Å². The van der Waals surface area contributed by atoms with Gasteiger partial charge in [-0.2, -0.15) is 13.2 Å². The molecule has 9 heteroatoms. The summed E-state index contributed by atoms with van der Waals surface area (Å²) in [6.45, 7) is 0.963. The lowest BCUT2D eigenvalue weighted by molar-refractivity contribution is -0.153. The highest BCUT2D eigenvalue weighted by Crippen LogP contribution is 2.39. The van der Waals surface area contributed by atoms with E-state index in [0.717, 1.165) is 18.4 Å². The Balaban J connectivity index is 0.00000364. The zero-order chi connectivity index (χ0) is 19.4. The summed E-state index contributed by atoms with van der Waals surface area (Å²) in [6.07, 6.45) is -1.57. The van der Waals surface area contributed by atoms with E-state index in [1.165, 1.54) is 13.2 Å². The molecule has 1 saturated carbocycles. The number of halogens is 4. The van der Waals surface area contributed by atoms with E-state index in [1.54, 1.807) is 12.1 Å². The lowest BCUT2D eigenvalue weighted by Crippen LogP contribution is -2.53. The molecule has 1 aromatic carbocycles. The highest BCUT2D eigenvalue weighted by atomic mass is 35.5. The van der Waals surface area contributed by atoms with Crippen molar-refractivity contribution >= 4 is 18.3 Å². The Bertz CT molecular complexity index is 639. The first-order chi connectivity index (χ1) is 12.2. The van der Waals surface area contributed by atoms with Gasteiger partial charge in [0.15, 0.2) is 18.1 Å². The molecule has 3 N–H and O–H groups in total. The number of alkyl halides is 3. The number of carbonyl (C=O) groups excluding carboxylic acids is 1. The number of nitrogens with one attached hydrogen (secondary N) is 1. The summed E-state index contributed by atoms with van der Waals surface area (Å²) in [4.78, 5) is 12.2. The molecule has 0 aromatic heterocycles. The Labute approximate surface area is 163 Å². The largest absolute Gasteiger partial charge is 0.493 e. The van der Waals surface area contributed by atoms with E-state index in [4.69, 9.17) is 15.2 Å². The van der Waals surface area contributed by atoms with Crippen LogP contribution in [0.2, 0.25) is 0 Å². The van der Waals surface area contributed by atoms with Crippen molar-refractivity contribution < 1.29 is 27.4 Å². The molecule has 1 fully saturated rings. The molecule has 0 aliphatic heterocycles. The van der Waals surface area contributed by atoms with Gasteiger partial charge in [0.2, 0.25) is 5.91 Å². The van der Waals surface area contributed by atoms with Gasteiger partial charge < -0.3 is 20.5 Å². The number of rotatable bonds is 9. The molecular formula is C18H26ClF3N2O3. The van der Waals surface area contributed by atoms with Gasteiger partial charge in [-0.25, -0.2) is 0 Å². The second kappa shape index (κ2) is 9.50. The Kier molecular flexibility index (Phi) is 8.23. The Morgan fingerprint density at radius 2 is 1.96 bits per heavy atom. The van der Waals surface area contributed by atoms with Crippen LogP contribution in [0.1, 0.15) is 31.7 Å². The van der Waals surface area contributed by atoms with Crippen molar-refractivity contribution in [1.82, 2.24) is 5.32 Å². The van der Waals surface area contributed by atoms with E-state index in [-0.39, 0.29) is 41.8 Å². The average molecular weight is 411 g/mol. The highest BCUT2D eigenvalue weighted by molar-refractivity contribution is 5.85. The molecule has 0 spiro atoms. The minimum atomic E-state index is -4.42. The molecule has 154 valence electrons. The third-order valence-electron chi connectivity index (χ3n) is 4.59. The minimum Gasteiger partial charge on any atom is -0.493 e. The van der Waals surface area contributed by atoms with Crippen LogP contribution in [0, 0.1) is 5.92 Å². The second-order valence-corrected chi connectivity index (χ2v) is 6.83. The number of ether oxygens (including phenoxy) is 2. The van der Waals surface area contributed by atoms with Crippen LogP contribution in [0.5, 0.6) is 11.5 Å². The van der Waals surface area contributed by atoms with Gasteiger partial charge >= 0.3 is 6.18 Å². The van der Waals surface area contributed by atoms with Crippen LogP contribution in [0.4, 0.5) is 13.2 Å². The SMILES string of the molecule is COc1cc(CCC(=O)NC(C)(CN)C2CC2)ccc1OCC(F)(F)F.Cl. The summed E-state index contributed by atoms with van der Waals surface area (Å²) < 4.78 is 46.6. The van der Waals surface area contributed by atoms with Crippen molar-refractivity contribution in [1.29, 1.82) is 0 Å². The highest BCUT2D eigenvalue weighted by Gasteiger charge is 2.41. The monoisotopic (exact) mass is 410 g/mol. The van der Waals surface area contributed by atoms with Crippen LogP contribution in [-0.4, -0.2) is 37.9 Å². The van der Waals surface area contributed by atoms with Crippen LogP contribution in [0.3, 0.4) is 0 Å². The van der Waals surface area contributed by atoms with Crippen LogP contribution >= 0.6 is 12.4 Å². The molecule has 1 amide bonds. The molecule has 2 rings (SSSR count). The van der Waals surface area contributed by atoms with E-state index in [9.17, 15) is 18.0 Å². The molecule has 5 nitrogen and oxygen atoms in total. The normalized spacial score (nSPS) is 16.1. The third kappa shape index (κ3) is 7.10. The fourth-order valence-corrected chi connectivity index (χ4v) is 2.83. The van der Waals surface area contributed by atoms with Crippen LogP contribution in [-0.2, 0) is 11.2 Å². The Morgan fingerprint density at radius 3 is 2.48 bits per heavy atom. The second-order valence-electron chi connectivity index (χ2n) is 6.83. The van der Waals surface area contributed by atoms with Gasteiger partial charge in [-0.05, 0) is 49.8 Å². The summed E-state index contributed by atoms with van der Waals surface area (Å²) in [5.41, 5.74) is 6.20. The number of aryl methyl sites for hydroxylation is 1. The predicted octanol–water partition coefficient (Wildman–Crippen LogP) is 3.23. The maximum Gasteiger partial charge on any atom is 0.422 e. The predicted molar refractivity (Wildman–Crippen MR) is 98.4 cm³/mol. The minimum absolute atomic E-state index is 0. The molecule has 0 saturated heterocycles. The first-order valence-corrected chi connectivity index (χ1v) is 8.54. The maximum absolute atomic E-state index is 12.3. The number of benzene rings is 1. The fraction of sp³-hybridized carbons (Fsp3) is 0.611. The summed E-state index contributed by atoms with van der Waals surface area (Å²) in [7, 11) is 1.36. The molecule has 1 aromatic rings. The van der Waals surface area contributed by atoms with Crippen molar-refractivity contribution in [2.45, 2.75) is 44.3 Å². The first kappa shape index (κ1) is 23.4. The number of nitrogens with two attached hydrogens (primary N) is 1. The number of methoxy groups -OCH3 is 1. The molecule has 1 unspecified atom stereocenters. The van der Waals surface area contributed by atoms with Crippen LogP contribution in [0.15, 0.2) is 18.2 Å². The zero-order valence-electron chi connectivity index (χ0n) is 15.4. The summed E-state index contributed by atoms with van der Waals surface area (Å²) in [5, 5.41) is 3.01. The Hall–Kier alpha value is -1.67. The number of amides is 1. The van der Waals surface area contributed by atoms with E-state index >= 15 is 0 Å². The molecule has 0 heterocycles.